The van der Waals surface area contributed by atoms with Gasteiger partial charge in [-0.2, -0.15) is 0 Å². The lowest BCUT2D eigenvalue weighted by Crippen LogP contribution is -2.47. The summed E-state index contributed by atoms with van der Waals surface area (Å²) in [6, 6.07) is 0.102. The van der Waals surface area contributed by atoms with Crippen LogP contribution in [0.4, 0.5) is 0 Å². The van der Waals surface area contributed by atoms with Crippen LogP contribution in [-0.2, 0) is 4.79 Å². The summed E-state index contributed by atoms with van der Waals surface area (Å²) in [6.45, 7) is 3.11. The van der Waals surface area contributed by atoms with Crippen LogP contribution >= 0.6 is 0 Å². The normalized spacial score (nSPS) is 13.2. The van der Waals surface area contributed by atoms with Crippen LogP contribution in [0.25, 0.3) is 0 Å². The second kappa shape index (κ2) is 5.06. The fourth-order valence-electron chi connectivity index (χ4n) is 0.382. The Balaban J connectivity index is 3.52. The molecule has 1 amide bonds. The number of hydrogen-bond acceptors (Lipinski definition) is 4. The zero-order valence-electron chi connectivity index (χ0n) is 6.66. The van der Waals surface area contributed by atoms with Crippen LogP contribution in [0, 0.1) is 0 Å². The number of aliphatic hydroxyl groups is 2. The number of hydrazine groups is 1. The van der Waals surface area contributed by atoms with Gasteiger partial charge in [0.05, 0.1) is 6.61 Å². The maximum absolute atomic E-state index is 10.7. The van der Waals surface area contributed by atoms with Crippen molar-refractivity contribution < 1.29 is 15.0 Å². The minimum atomic E-state index is -1.35. The quantitative estimate of drug-likeness (QED) is 0.374. The Hall–Kier alpha value is -0.650. The highest BCUT2D eigenvalue weighted by Crippen LogP contribution is 1.79. The van der Waals surface area contributed by atoms with Crippen LogP contribution < -0.4 is 10.9 Å². The summed E-state index contributed by atoms with van der Waals surface area (Å²) in [5, 5.41) is 17.1. The van der Waals surface area contributed by atoms with E-state index in [0.717, 1.165) is 0 Å². The van der Waals surface area contributed by atoms with Gasteiger partial charge in [-0.05, 0) is 13.8 Å². The monoisotopic (exact) mass is 162 g/mol. The van der Waals surface area contributed by atoms with Crippen molar-refractivity contribution >= 4 is 5.91 Å². The molecule has 0 fully saturated rings. The molecule has 0 aromatic rings. The van der Waals surface area contributed by atoms with E-state index in [4.69, 9.17) is 10.2 Å². The van der Waals surface area contributed by atoms with Crippen LogP contribution in [0.1, 0.15) is 13.8 Å². The van der Waals surface area contributed by atoms with E-state index in [2.05, 4.69) is 10.9 Å². The predicted molar refractivity (Wildman–Crippen MR) is 39.5 cm³/mol. The van der Waals surface area contributed by atoms with Gasteiger partial charge >= 0.3 is 0 Å². The molecule has 0 bridgehead atoms. The molecule has 5 heteroatoms. The Labute approximate surface area is 65.4 Å². The summed E-state index contributed by atoms with van der Waals surface area (Å²) in [6.07, 6.45) is -1.35. The first-order chi connectivity index (χ1) is 5.07. The summed E-state index contributed by atoms with van der Waals surface area (Å²) in [5.74, 6) is -0.624. The van der Waals surface area contributed by atoms with E-state index in [0.29, 0.717) is 0 Å². The third-order valence-electron chi connectivity index (χ3n) is 0.960. The predicted octanol–water partition coefficient (Wildman–Crippen LogP) is -1.63. The van der Waals surface area contributed by atoms with Crippen molar-refractivity contribution in [1.29, 1.82) is 0 Å². The standard InChI is InChI=1S/C6H14N2O3/c1-4(2)7-8-6(11)5(10)3-9/h4-5,7,9-10H,3H2,1-2H3,(H,8,11)/t5-/m1/s1. The van der Waals surface area contributed by atoms with Crippen LogP contribution in [0.2, 0.25) is 0 Å². The van der Waals surface area contributed by atoms with Gasteiger partial charge in [0.15, 0.2) is 6.10 Å². The zero-order chi connectivity index (χ0) is 8.85. The van der Waals surface area contributed by atoms with E-state index in [1.165, 1.54) is 0 Å². The Morgan fingerprint density at radius 2 is 2.09 bits per heavy atom. The van der Waals surface area contributed by atoms with Crippen molar-refractivity contribution in [2.24, 2.45) is 0 Å². The van der Waals surface area contributed by atoms with Crippen molar-refractivity contribution in [3.05, 3.63) is 0 Å². The molecule has 0 heterocycles. The van der Waals surface area contributed by atoms with Gasteiger partial charge in [-0.15, -0.1) is 0 Å². The third kappa shape index (κ3) is 4.72. The van der Waals surface area contributed by atoms with Gasteiger partial charge in [-0.25, -0.2) is 5.43 Å². The fraction of sp³-hybridized carbons (Fsp3) is 0.833. The summed E-state index contributed by atoms with van der Waals surface area (Å²) >= 11 is 0. The number of nitrogens with one attached hydrogen (secondary N) is 2. The molecule has 0 aromatic carbocycles. The molecule has 0 rings (SSSR count). The van der Waals surface area contributed by atoms with Crippen LogP contribution in [-0.4, -0.2) is 34.9 Å². The van der Waals surface area contributed by atoms with Crippen molar-refractivity contribution in [2.45, 2.75) is 26.0 Å². The highest BCUT2D eigenvalue weighted by molar-refractivity contribution is 5.80. The minimum absolute atomic E-state index is 0.102. The van der Waals surface area contributed by atoms with E-state index in [1.54, 1.807) is 0 Å². The van der Waals surface area contributed by atoms with Gasteiger partial charge in [0.2, 0.25) is 0 Å². The Morgan fingerprint density at radius 1 is 1.55 bits per heavy atom. The number of hydrogen-bond donors (Lipinski definition) is 4. The van der Waals surface area contributed by atoms with Crippen LogP contribution in [0.3, 0.4) is 0 Å². The molecule has 66 valence electrons. The van der Waals surface area contributed by atoms with E-state index in [-0.39, 0.29) is 6.04 Å². The molecular weight excluding hydrogens is 148 g/mol. The molecule has 0 spiro atoms. The van der Waals surface area contributed by atoms with Gasteiger partial charge in [-0.1, -0.05) is 0 Å². The smallest absolute Gasteiger partial charge is 0.265 e. The Bertz CT molecular complexity index is 127. The van der Waals surface area contributed by atoms with E-state index in [9.17, 15) is 4.79 Å². The number of rotatable bonds is 4. The summed E-state index contributed by atoms with van der Waals surface area (Å²) in [5.41, 5.74) is 4.82. The number of carbonyl (C=O) groups is 1. The molecule has 0 saturated carbocycles. The largest absolute Gasteiger partial charge is 0.393 e. The molecule has 0 aliphatic heterocycles. The first-order valence-corrected chi connectivity index (χ1v) is 3.42. The highest BCUT2D eigenvalue weighted by Gasteiger charge is 2.12. The number of carbonyl (C=O) groups excluding carboxylic acids is 1. The van der Waals surface area contributed by atoms with Crippen molar-refractivity contribution in [2.75, 3.05) is 6.61 Å². The van der Waals surface area contributed by atoms with Gasteiger partial charge in [0, 0.05) is 6.04 Å². The van der Waals surface area contributed by atoms with Crippen LogP contribution in [0.15, 0.2) is 0 Å². The molecule has 0 unspecified atom stereocenters. The first kappa shape index (κ1) is 10.3. The topological polar surface area (TPSA) is 81.6 Å². The molecule has 0 aliphatic carbocycles. The van der Waals surface area contributed by atoms with E-state index in [1.807, 2.05) is 13.8 Å². The van der Waals surface area contributed by atoms with E-state index < -0.39 is 18.6 Å². The zero-order valence-corrected chi connectivity index (χ0v) is 6.66. The van der Waals surface area contributed by atoms with Crippen molar-refractivity contribution in [3.8, 4) is 0 Å². The lowest BCUT2D eigenvalue weighted by molar-refractivity contribution is -0.132. The molecule has 1 atom stereocenters. The maximum Gasteiger partial charge on any atom is 0.265 e. The molecule has 5 nitrogen and oxygen atoms in total. The average Bonchev–Trinajstić information content (AvgIpc) is 1.98. The molecule has 4 N–H and O–H groups in total. The van der Waals surface area contributed by atoms with Gasteiger partial charge in [-0.3, -0.25) is 10.2 Å². The molecule has 0 radical (unpaired) electrons. The SMILES string of the molecule is CC(C)NNC(=O)[C@H](O)CO. The summed E-state index contributed by atoms with van der Waals surface area (Å²) in [7, 11) is 0. The second-order valence-electron chi connectivity index (χ2n) is 2.49. The summed E-state index contributed by atoms with van der Waals surface area (Å²) < 4.78 is 0. The van der Waals surface area contributed by atoms with E-state index >= 15 is 0 Å². The average molecular weight is 162 g/mol. The molecule has 0 aromatic heterocycles. The lowest BCUT2D eigenvalue weighted by Gasteiger charge is -2.11. The first-order valence-electron chi connectivity index (χ1n) is 3.42. The molecule has 11 heavy (non-hydrogen) atoms. The molecule has 0 saturated heterocycles. The van der Waals surface area contributed by atoms with Gasteiger partial charge in [0.1, 0.15) is 0 Å². The van der Waals surface area contributed by atoms with Crippen molar-refractivity contribution in [3.63, 3.8) is 0 Å². The molecular formula is C6H14N2O3. The van der Waals surface area contributed by atoms with Gasteiger partial charge < -0.3 is 10.2 Å². The summed E-state index contributed by atoms with van der Waals surface area (Å²) in [4.78, 5) is 10.7. The Morgan fingerprint density at radius 3 is 2.45 bits per heavy atom. The minimum Gasteiger partial charge on any atom is -0.393 e. The van der Waals surface area contributed by atoms with Crippen LogP contribution in [0.5, 0.6) is 0 Å². The fourth-order valence-corrected chi connectivity index (χ4v) is 0.382. The van der Waals surface area contributed by atoms with Crippen molar-refractivity contribution in [1.82, 2.24) is 10.9 Å². The highest BCUT2D eigenvalue weighted by atomic mass is 16.3. The third-order valence-corrected chi connectivity index (χ3v) is 0.960. The maximum atomic E-state index is 10.7. The lowest BCUT2D eigenvalue weighted by atomic mass is 10.4. The number of aliphatic hydroxyl groups excluding tert-OH is 2. The number of amides is 1. The Kier molecular flexibility index (Phi) is 4.76. The molecule has 0 aliphatic rings. The van der Waals surface area contributed by atoms with Gasteiger partial charge in [0.25, 0.3) is 5.91 Å². The second-order valence-corrected chi connectivity index (χ2v) is 2.49.